The van der Waals surface area contributed by atoms with Crippen LogP contribution in [0, 0.1) is 0 Å². The van der Waals surface area contributed by atoms with Crippen LogP contribution in [0.3, 0.4) is 0 Å². The molecule has 0 aliphatic heterocycles. The minimum Gasteiger partial charge on any atom is -0.398 e. The quantitative estimate of drug-likeness (QED) is 0.724. The molecule has 0 saturated heterocycles. The molecule has 0 aliphatic carbocycles. The SMILES string of the molecule is CC(C)OCCNC(=O)c1cnccc1N. The van der Waals surface area contributed by atoms with Gasteiger partial charge in [0.05, 0.1) is 18.3 Å². The van der Waals surface area contributed by atoms with Crippen molar-refractivity contribution in [1.82, 2.24) is 10.3 Å². The van der Waals surface area contributed by atoms with Crippen LogP contribution in [0.25, 0.3) is 0 Å². The predicted octanol–water partition coefficient (Wildman–Crippen LogP) is 0.819. The number of rotatable bonds is 5. The van der Waals surface area contributed by atoms with Crippen molar-refractivity contribution in [3.8, 4) is 0 Å². The van der Waals surface area contributed by atoms with E-state index in [0.29, 0.717) is 24.4 Å². The summed E-state index contributed by atoms with van der Waals surface area (Å²) < 4.78 is 5.30. The minimum absolute atomic E-state index is 0.167. The van der Waals surface area contributed by atoms with E-state index in [1.54, 1.807) is 12.3 Å². The Morgan fingerprint density at radius 3 is 3.00 bits per heavy atom. The van der Waals surface area contributed by atoms with Crippen LogP contribution in [-0.4, -0.2) is 30.1 Å². The average molecular weight is 223 g/mol. The van der Waals surface area contributed by atoms with Crippen LogP contribution in [-0.2, 0) is 4.74 Å². The molecule has 0 aromatic carbocycles. The summed E-state index contributed by atoms with van der Waals surface area (Å²) in [5.41, 5.74) is 6.47. The molecule has 0 saturated carbocycles. The molecule has 0 bridgehead atoms. The van der Waals surface area contributed by atoms with E-state index in [-0.39, 0.29) is 12.0 Å². The van der Waals surface area contributed by atoms with E-state index in [1.807, 2.05) is 13.8 Å². The van der Waals surface area contributed by atoms with Gasteiger partial charge in [-0.3, -0.25) is 9.78 Å². The van der Waals surface area contributed by atoms with E-state index in [1.165, 1.54) is 6.20 Å². The first kappa shape index (κ1) is 12.4. The maximum Gasteiger partial charge on any atom is 0.255 e. The minimum atomic E-state index is -0.224. The number of pyridine rings is 1. The number of carbonyl (C=O) groups is 1. The fraction of sp³-hybridized carbons (Fsp3) is 0.455. The molecule has 0 unspecified atom stereocenters. The molecular weight excluding hydrogens is 206 g/mol. The summed E-state index contributed by atoms with van der Waals surface area (Å²) in [7, 11) is 0. The van der Waals surface area contributed by atoms with Crippen molar-refractivity contribution in [3.63, 3.8) is 0 Å². The van der Waals surface area contributed by atoms with Crippen molar-refractivity contribution in [1.29, 1.82) is 0 Å². The zero-order chi connectivity index (χ0) is 12.0. The molecule has 1 heterocycles. The van der Waals surface area contributed by atoms with Crippen LogP contribution >= 0.6 is 0 Å². The highest BCUT2D eigenvalue weighted by molar-refractivity contribution is 5.98. The van der Waals surface area contributed by atoms with Crippen LogP contribution in [0.4, 0.5) is 5.69 Å². The predicted molar refractivity (Wildman–Crippen MR) is 62.1 cm³/mol. The largest absolute Gasteiger partial charge is 0.398 e. The number of nitrogens with zero attached hydrogens (tertiary/aromatic N) is 1. The Labute approximate surface area is 95.0 Å². The number of aromatic nitrogens is 1. The Morgan fingerprint density at radius 1 is 1.62 bits per heavy atom. The van der Waals surface area contributed by atoms with Crippen molar-refractivity contribution in [2.24, 2.45) is 0 Å². The second-order valence-electron chi connectivity index (χ2n) is 3.64. The highest BCUT2D eigenvalue weighted by atomic mass is 16.5. The van der Waals surface area contributed by atoms with E-state index >= 15 is 0 Å². The van der Waals surface area contributed by atoms with Gasteiger partial charge in [0.25, 0.3) is 5.91 Å². The van der Waals surface area contributed by atoms with Gasteiger partial charge in [0.15, 0.2) is 0 Å². The molecule has 16 heavy (non-hydrogen) atoms. The molecule has 5 nitrogen and oxygen atoms in total. The molecule has 5 heteroatoms. The van der Waals surface area contributed by atoms with Crippen molar-refractivity contribution in [2.45, 2.75) is 20.0 Å². The van der Waals surface area contributed by atoms with Gasteiger partial charge in [0, 0.05) is 24.6 Å². The second kappa shape index (κ2) is 6.07. The fourth-order valence-electron chi connectivity index (χ4n) is 1.15. The first-order valence-corrected chi connectivity index (χ1v) is 5.20. The summed E-state index contributed by atoms with van der Waals surface area (Å²) in [6.45, 7) is 4.84. The van der Waals surface area contributed by atoms with Crippen LogP contribution in [0.1, 0.15) is 24.2 Å². The lowest BCUT2D eigenvalue weighted by Gasteiger charge is -2.09. The third-order valence-corrected chi connectivity index (χ3v) is 1.94. The smallest absolute Gasteiger partial charge is 0.255 e. The monoisotopic (exact) mass is 223 g/mol. The average Bonchev–Trinajstić information content (AvgIpc) is 2.24. The molecule has 1 rings (SSSR count). The van der Waals surface area contributed by atoms with Crippen LogP contribution in [0.5, 0.6) is 0 Å². The number of hydrogen-bond donors (Lipinski definition) is 2. The zero-order valence-electron chi connectivity index (χ0n) is 9.56. The Hall–Kier alpha value is -1.62. The molecule has 1 aromatic heterocycles. The number of hydrogen-bond acceptors (Lipinski definition) is 4. The van der Waals surface area contributed by atoms with Gasteiger partial charge < -0.3 is 15.8 Å². The Morgan fingerprint density at radius 2 is 2.38 bits per heavy atom. The van der Waals surface area contributed by atoms with Crippen molar-refractivity contribution in [3.05, 3.63) is 24.0 Å². The molecule has 88 valence electrons. The van der Waals surface area contributed by atoms with Crippen molar-refractivity contribution >= 4 is 11.6 Å². The van der Waals surface area contributed by atoms with Crippen LogP contribution in [0.15, 0.2) is 18.5 Å². The number of nitrogen functional groups attached to an aromatic ring is 1. The summed E-state index contributed by atoms with van der Waals surface area (Å²) in [5.74, 6) is -0.224. The van der Waals surface area contributed by atoms with Crippen molar-refractivity contribution < 1.29 is 9.53 Å². The maximum atomic E-state index is 11.6. The van der Waals surface area contributed by atoms with Crippen LogP contribution < -0.4 is 11.1 Å². The Kier molecular flexibility index (Phi) is 4.72. The van der Waals surface area contributed by atoms with Gasteiger partial charge in [-0.1, -0.05) is 0 Å². The number of carbonyl (C=O) groups excluding carboxylic acids is 1. The lowest BCUT2D eigenvalue weighted by atomic mass is 10.2. The molecule has 3 N–H and O–H groups in total. The Bertz CT molecular complexity index is 353. The van der Waals surface area contributed by atoms with Gasteiger partial charge in [-0.25, -0.2) is 0 Å². The molecule has 0 aliphatic rings. The number of nitrogens with two attached hydrogens (primary N) is 1. The zero-order valence-corrected chi connectivity index (χ0v) is 9.56. The van der Waals surface area contributed by atoms with Gasteiger partial charge in [-0.05, 0) is 19.9 Å². The van der Waals surface area contributed by atoms with Crippen molar-refractivity contribution in [2.75, 3.05) is 18.9 Å². The molecule has 0 spiro atoms. The van der Waals surface area contributed by atoms with Gasteiger partial charge in [-0.15, -0.1) is 0 Å². The highest BCUT2D eigenvalue weighted by Crippen LogP contribution is 2.07. The van der Waals surface area contributed by atoms with E-state index < -0.39 is 0 Å². The third kappa shape index (κ3) is 3.86. The van der Waals surface area contributed by atoms with Gasteiger partial charge in [0.2, 0.25) is 0 Å². The number of amides is 1. The first-order valence-electron chi connectivity index (χ1n) is 5.20. The molecule has 0 atom stereocenters. The highest BCUT2D eigenvalue weighted by Gasteiger charge is 2.08. The first-order chi connectivity index (χ1) is 7.61. The summed E-state index contributed by atoms with van der Waals surface area (Å²) in [6, 6.07) is 1.60. The molecular formula is C11H17N3O2. The van der Waals surface area contributed by atoms with Gasteiger partial charge in [-0.2, -0.15) is 0 Å². The molecule has 0 fully saturated rings. The summed E-state index contributed by atoms with van der Waals surface area (Å²) >= 11 is 0. The summed E-state index contributed by atoms with van der Waals surface area (Å²) in [4.78, 5) is 15.5. The number of nitrogens with one attached hydrogen (secondary N) is 1. The third-order valence-electron chi connectivity index (χ3n) is 1.94. The van der Waals surface area contributed by atoms with E-state index in [9.17, 15) is 4.79 Å². The summed E-state index contributed by atoms with van der Waals surface area (Å²) in [6.07, 6.45) is 3.17. The molecule has 1 aromatic rings. The summed E-state index contributed by atoms with van der Waals surface area (Å²) in [5, 5.41) is 2.71. The normalized spacial score (nSPS) is 10.4. The van der Waals surface area contributed by atoms with E-state index in [2.05, 4.69) is 10.3 Å². The fourth-order valence-corrected chi connectivity index (χ4v) is 1.15. The number of anilines is 1. The second-order valence-corrected chi connectivity index (χ2v) is 3.64. The lowest BCUT2D eigenvalue weighted by Crippen LogP contribution is -2.28. The topological polar surface area (TPSA) is 77.2 Å². The Balaban J connectivity index is 2.39. The lowest BCUT2D eigenvalue weighted by molar-refractivity contribution is 0.0747. The van der Waals surface area contributed by atoms with Gasteiger partial charge in [0.1, 0.15) is 0 Å². The van der Waals surface area contributed by atoms with Gasteiger partial charge >= 0.3 is 0 Å². The standard InChI is InChI=1S/C11H17N3O2/c1-8(2)16-6-5-14-11(15)9-7-13-4-3-10(9)12/h3-4,7-8H,5-6H2,1-2H3,(H2,12,13)(H,14,15). The van der Waals surface area contributed by atoms with Crippen LogP contribution in [0.2, 0.25) is 0 Å². The van der Waals surface area contributed by atoms with E-state index in [0.717, 1.165) is 0 Å². The van der Waals surface area contributed by atoms with E-state index in [4.69, 9.17) is 10.5 Å². The maximum absolute atomic E-state index is 11.6. The number of ether oxygens (including phenoxy) is 1. The molecule has 1 amide bonds. The molecule has 0 radical (unpaired) electrons.